The van der Waals surface area contributed by atoms with Gasteiger partial charge in [0.25, 0.3) is 0 Å². The van der Waals surface area contributed by atoms with Crippen LogP contribution in [0.25, 0.3) is 0 Å². The lowest BCUT2D eigenvalue weighted by Crippen LogP contribution is -1.85. The monoisotopic (exact) mass is 256 g/mol. The van der Waals surface area contributed by atoms with Crippen LogP contribution in [0.5, 0.6) is 11.5 Å². The molecular weight excluding hydrogens is 243 g/mol. The summed E-state index contributed by atoms with van der Waals surface area (Å²) < 4.78 is 18.3. The molecule has 0 saturated heterocycles. The van der Waals surface area contributed by atoms with Crippen LogP contribution in [0.1, 0.15) is 12.0 Å². The first-order valence-corrected chi connectivity index (χ1v) is 5.91. The van der Waals surface area contributed by atoms with E-state index in [2.05, 4.69) is 11.8 Å². The summed E-state index contributed by atoms with van der Waals surface area (Å²) in [6.45, 7) is 0.0682. The lowest BCUT2D eigenvalue weighted by Gasteiger charge is -2.05. The van der Waals surface area contributed by atoms with E-state index in [9.17, 15) is 4.39 Å². The fourth-order valence-corrected chi connectivity index (χ4v) is 1.47. The predicted molar refractivity (Wildman–Crippen MR) is 71.5 cm³/mol. The maximum Gasteiger partial charge on any atom is 0.127 e. The number of benzene rings is 2. The molecule has 0 saturated carbocycles. The molecule has 0 aliphatic carbocycles. The summed E-state index contributed by atoms with van der Waals surface area (Å²) >= 11 is 0. The molecule has 2 nitrogen and oxygen atoms in total. The van der Waals surface area contributed by atoms with Gasteiger partial charge in [-0.2, -0.15) is 0 Å². The van der Waals surface area contributed by atoms with Gasteiger partial charge in [0.2, 0.25) is 0 Å². The molecule has 0 bridgehead atoms. The minimum absolute atomic E-state index is 0.0682. The summed E-state index contributed by atoms with van der Waals surface area (Å²) in [6.07, 6.45) is 0.466. The molecule has 0 atom stereocenters. The van der Waals surface area contributed by atoms with E-state index in [4.69, 9.17) is 9.84 Å². The van der Waals surface area contributed by atoms with Gasteiger partial charge in [0, 0.05) is 12.0 Å². The second kappa shape index (κ2) is 6.58. The maximum atomic E-state index is 12.7. The van der Waals surface area contributed by atoms with Gasteiger partial charge in [-0.3, -0.25) is 0 Å². The van der Waals surface area contributed by atoms with E-state index in [-0.39, 0.29) is 12.4 Å². The van der Waals surface area contributed by atoms with Crippen molar-refractivity contribution in [3.63, 3.8) is 0 Å². The van der Waals surface area contributed by atoms with Crippen molar-refractivity contribution in [2.45, 2.75) is 6.42 Å². The molecule has 3 heteroatoms. The van der Waals surface area contributed by atoms with Crippen LogP contribution in [-0.2, 0) is 0 Å². The van der Waals surface area contributed by atoms with E-state index in [0.29, 0.717) is 17.9 Å². The number of rotatable bonds is 3. The molecule has 0 spiro atoms. The highest BCUT2D eigenvalue weighted by molar-refractivity contribution is 5.39. The Bertz CT molecular complexity index is 577. The first kappa shape index (κ1) is 13.1. The molecule has 0 heterocycles. The number of hydrogen-bond acceptors (Lipinski definition) is 2. The largest absolute Gasteiger partial charge is 0.457 e. The molecule has 0 unspecified atom stereocenters. The van der Waals surface area contributed by atoms with Crippen LogP contribution in [0, 0.1) is 17.7 Å². The van der Waals surface area contributed by atoms with Crippen molar-refractivity contribution in [3.8, 4) is 23.3 Å². The zero-order valence-electron chi connectivity index (χ0n) is 10.3. The fraction of sp³-hybridized carbons (Fsp3) is 0.125. The minimum atomic E-state index is -0.290. The Kier molecular flexibility index (Phi) is 4.54. The molecule has 1 N–H and O–H groups in total. The lowest BCUT2D eigenvalue weighted by atomic mass is 10.2. The van der Waals surface area contributed by atoms with Gasteiger partial charge in [-0.05, 0) is 48.5 Å². The first-order chi connectivity index (χ1) is 9.28. The molecule has 0 aromatic heterocycles. The molecule has 19 heavy (non-hydrogen) atoms. The smallest absolute Gasteiger partial charge is 0.127 e. The Morgan fingerprint density at radius 1 is 0.947 bits per heavy atom. The van der Waals surface area contributed by atoms with Crippen molar-refractivity contribution in [3.05, 3.63) is 59.9 Å². The number of ether oxygens (including phenoxy) is 1. The molecule has 0 aliphatic rings. The summed E-state index contributed by atoms with van der Waals surface area (Å²) in [7, 11) is 0. The van der Waals surface area contributed by atoms with Gasteiger partial charge < -0.3 is 9.84 Å². The van der Waals surface area contributed by atoms with Gasteiger partial charge in [0.1, 0.15) is 17.3 Å². The minimum Gasteiger partial charge on any atom is -0.457 e. The van der Waals surface area contributed by atoms with Crippen molar-refractivity contribution in [2.24, 2.45) is 0 Å². The highest BCUT2D eigenvalue weighted by Gasteiger charge is 1.97. The number of hydrogen-bond donors (Lipinski definition) is 1. The lowest BCUT2D eigenvalue weighted by molar-refractivity contribution is 0.305. The first-order valence-electron chi connectivity index (χ1n) is 5.91. The second-order valence-corrected chi connectivity index (χ2v) is 3.86. The molecule has 2 rings (SSSR count). The number of aliphatic hydroxyl groups is 1. The third-order valence-corrected chi connectivity index (χ3v) is 2.37. The highest BCUT2D eigenvalue weighted by Crippen LogP contribution is 2.21. The zero-order valence-corrected chi connectivity index (χ0v) is 10.3. The van der Waals surface area contributed by atoms with Crippen molar-refractivity contribution >= 4 is 0 Å². The molecule has 0 aliphatic heterocycles. The Morgan fingerprint density at radius 3 is 2.11 bits per heavy atom. The zero-order chi connectivity index (χ0) is 13.5. The summed E-state index contributed by atoms with van der Waals surface area (Å²) in [5.74, 6) is 6.73. The fourth-order valence-electron chi connectivity index (χ4n) is 1.47. The van der Waals surface area contributed by atoms with Gasteiger partial charge >= 0.3 is 0 Å². The number of aliphatic hydroxyl groups excluding tert-OH is 1. The molecular formula is C16H13FO2. The summed E-state index contributed by atoms with van der Waals surface area (Å²) in [6, 6.07) is 13.1. The standard InChI is InChI=1S/C16H13FO2/c17-14-6-10-16(11-7-14)19-15-8-4-13(5-9-15)3-1-2-12-18/h4-11,18H,2,12H2. The Labute approximate surface area is 111 Å². The SMILES string of the molecule is OCCC#Cc1ccc(Oc2ccc(F)cc2)cc1. The van der Waals surface area contributed by atoms with Gasteiger partial charge in [-0.15, -0.1) is 0 Å². The Morgan fingerprint density at radius 2 is 1.53 bits per heavy atom. The average molecular weight is 256 g/mol. The molecule has 0 radical (unpaired) electrons. The second-order valence-electron chi connectivity index (χ2n) is 3.86. The van der Waals surface area contributed by atoms with Crippen molar-refractivity contribution in [1.29, 1.82) is 0 Å². The maximum absolute atomic E-state index is 12.7. The normalized spacial score (nSPS) is 9.58. The third-order valence-electron chi connectivity index (χ3n) is 2.37. The predicted octanol–water partition coefficient (Wildman–Crippen LogP) is 3.35. The summed E-state index contributed by atoms with van der Waals surface area (Å²) in [5, 5.41) is 8.62. The van der Waals surface area contributed by atoms with Gasteiger partial charge in [-0.25, -0.2) is 4.39 Å². The van der Waals surface area contributed by atoms with Crippen molar-refractivity contribution in [1.82, 2.24) is 0 Å². The third kappa shape index (κ3) is 4.13. The topological polar surface area (TPSA) is 29.5 Å². The molecule has 0 amide bonds. The van der Waals surface area contributed by atoms with Crippen LogP contribution in [0.15, 0.2) is 48.5 Å². The molecule has 2 aromatic carbocycles. The summed E-state index contributed by atoms with van der Waals surface area (Å²) in [4.78, 5) is 0. The van der Waals surface area contributed by atoms with Crippen LogP contribution < -0.4 is 4.74 Å². The van der Waals surface area contributed by atoms with E-state index < -0.39 is 0 Å². The molecule has 96 valence electrons. The van der Waals surface area contributed by atoms with Crippen LogP contribution in [0.2, 0.25) is 0 Å². The summed E-state index contributed by atoms with van der Waals surface area (Å²) in [5.41, 5.74) is 0.861. The van der Waals surface area contributed by atoms with Gasteiger partial charge in [-0.1, -0.05) is 11.8 Å². The van der Waals surface area contributed by atoms with Gasteiger partial charge in [0.05, 0.1) is 6.61 Å². The Hall–Kier alpha value is -2.31. The van der Waals surface area contributed by atoms with E-state index in [1.807, 2.05) is 12.1 Å². The molecule has 2 aromatic rings. The average Bonchev–Trinajstić information content (AvgIpc) is 2.44. The van der Waals surface area contributed by atoms with E-state index in [1.165, 1.54) is 12.1 Å². The van der Waals surface area contributed by atoms with Gasteiger partial charge in [0.15, 0.2) is 0 Å². The van der Waals surface area contributed by atoms with Crippen LogP contribution in [0.4, 0.5) is 4.39 Å². The van der Waals surface area contributed by atoms with E-state index >= 15 is 0 Å². The molecule has 0 fully saturated rings. The number of halogens is 1. The van der Waals surface area contributed by atoms with Crippen LogP contribution >= 0.6 is 0 Å². The van der Waals surface area contributed by atoms with Crippen LogP contribution in [-0.4, -0.2) is 11.7 Å². The van der Waals surface area contributed by atoms with Crippen LogP contribution in [0.3, 0.4) is 0 Å². The van der Waals surface area contributed by atoms with E-state index in [1.54, 1.807) is 24.3 Å². The highest BCUT2D eigenvalue weighted by atomic mass is 19.1. The quantitative estimate of drug-likeness (QED) is 0.853. The Balaban J connectivity index is 2.03. The van der Waals surface area contributed by atoms with Crippen molar-refractivity contribution < 1.29 is 14.2 Å². The van der Waals surface area contributed by atoms with Crippen molar-refractivity contribution in [2.75, 3.05) is 6.61 Å². The van der Waals surface area contributed by atoms with E-state index in [0.717, 1.165) is 5.56 Å².